The lowest BCUT2D eigenvalue weighted by Crippen LogP contribution is -1.97. The topological polar surface area (TPSA) is 56.5 Å². The Kier molecular flexibility index (Phi) is 7.76. The SMILES string of the molecule is c1ccc(-c2ccc(-c3cc(-c4cccc(-c5ccc(-c6nc7ccccc7n6-c6ccccc6)cc5)c4)nc(-c4cccnc4)n3)cc2)cc1. The number of rotatable bonds is 7. The van der Waals surface area contributed by atoms with Crippen LogP contribution in [0.4, 0.5) is 0 Å². The highest BCUT2D eigenvalue weighted by Crippen LogP contribution is 2.33. The summed E-state index contributed by atoms with van der Waals surface area (Å²) in [5, 5.41) is 0. The molecule has 0 aliphatic carbocycles. The summed E-state index contributed by atoms with van der Waals surface area (Å²) in [7, 11) is 0. The molecule has 0 saturated heterocycles. The Hall–Kier alpha value is -6.98. The van der Waals surface area contributed by atoms with Crippen molar-refractivity contribution in [3.63, 3.8) is 0 Å². The highest BCUT2D eigenvalue weighted by Gasteiger charge is 2.15. The fourth-order valence-corrected chi connectivity index (χ4v) is 6.56. The first kappa shape index (κ1) is 30.1. The van der Waals surface area contributed by atoms with Crippen molar-refractivity contribution >= 4 is 11.0 Å². The maximum Gasteiger partial charge on any atom is 0.161 e. The smallest absolute Gasteiger partial charge is 0.161 e. The Morgan fingerprint density at radius 3 is 1.69 bits per heavy atom. The van der Waals surface area contributed by atoms with Gasteiger partial charge in [-0.15, -0.1) is 0 Å². The van der Waals surface area contributed by atoms with E-state index in [0.29, 0.717) is 5.82 Å². The van der Waals surface area contributed by atoms with Crippen LogP contribution in [-0.2, 0) is 0 Å². The van der Waals surface area contributed by atoms with Gasteiger partial charge in [0.1, 0.15) is 5.82 Å². The normalized spacial score (nSPS) is 11.1. The molecule has 6 aromatic carbocycles. The quantitative estimate of drug-likeness (QED) is 0.172. The van der Waals surface area contributed by atoms with Crippen LogP contribution in [0.25, 0.3) is 84.3 Å². The fourth-order valence-electron chi connectivity index (χ4n) is 6.56. The molecule has 0 aliphatic heterocycles. The highest BCUT2D eigenvalue weighted by atomic mass is 15.1. The molecule has 0 fully saturated rings. The van der Waals surface area contributed by atoms with Crippen molar-refractivity contribution in [1.82, 2.24) is 24.5 Å². The summed E-state index contributed by atoms with van der Waals surface area (Å²) < 4.78 is 2.23. The van der Waals surface area contributed by atoms with Crippen LogP contribution in [0.2, 0.25) is 0 Å². The van der Waals surface area contributed by atoms with Gasteiger partial charge in [0.2, 0.25) is 0 Å². The Morgan fingerprint density at radius 1 is 0.373 bits per heavy atom. The molecule has 240 valence electrons. The summed E-state index contributed by atoms with van der Waals surface area (Å²) in [6.07, 6.45) is 3.58. The van der Waals surface area contributed by atoms with Crippen molar-refractivity contribution in [1.29, 1.82) is 0 Å². The zero-order valence-corrected chi connectivity index (χ0v) is 27.6. The Labute approximate surface area is 296 Å². The van der Waals surface area contributed by atoms with Gasteiger partial charge in [0, 0.05) is 40.3 Å². The van der Waals surface area contributed by atoms with Crippen molar-refractivity contribution in [2.24, 2.45) is 0 Å². The summed E-state index contributed by atoms with van der Waals surface area (Å²) in [6, 6.07) is 60.8. The number of fused-ring (bicyclic) bond motifs is 1. The van der Waals surface area contributed by atoms with Crippen LogP contribution in [0.3, 0.4) is 0 Å². The molecule has 5 heteroatoms. The zero-order chi connectivity index (χ0) is 34.0. The van der Waals surface area contributed by atoms with E-state index in [1.165, 1.54) is 5.56 Å². The van der Waals surface area contributed by atoms with Crippen LogP contribution in [0.5, 0.6) is 0 Å². The molecule has 0 bridgehead atoms. The molecule has 51 heavy (non-hydrogen) atoms. The van der Waals surface area contributed by atoms with Gasteiger partial charge in [0.15, 0.2) is 5.82 Å². The molecular formula is C46H31N5. The third-order valence-electron chi connectivity index (χ3n) is 9.14. The predicted molar refractivity (Wildman–Crippen MR) is 207 cm³/mol. The van der Waals surface area contributed by atoms with Gasteiger partial charge in [-0.25, -0.2) is 15.0 Å². The molecule has 3 heterocycles. The molecule has 0 aliphatic rings. The maximum absolute atomic E-state index is 5.05. The standard InChI is InChI=1S/C46H31N5/c1-3-11-32(12-4-1)33-20-24-35(25-21-33)42-30-43(49-45(48-42)39-15-10-28-47-31-39)38-14-9-13-37(29-38)34-22-26-36(27-23-34)46-50-41-18-7-8-19-44(41)51(46)40-16-5-2-6-17-40/h1-31H. The number of para-hydroxylation sites is 3. The molecule has 3 aromatic heterocycles. The molecule has 0 atom stereocenters. The largest absolute Gasteiger partial charge is 0.292 e. The summed E-state index contributed by atoms with van der Waals surface area (Å²) in [5.41, 5.74) is 13.4. The monoisotopic (exact) mass is 653 g/mol. The van der Waals surface area contributed by atoms with E-state index in [9.17, 15) is 0 Å². The number of nitrogens with zero attached hydrogens (tertiary/aromatic N) is 5. The number of hydrogen-bond acceptors (Lipinski definition) is 4. The molecule has 0 N–H and O–H groups in total. The third-order valence-corrected chi connectivity index (χ3v) is 9.14. The second kappa shape index (κ2) is 13.1. The molecule has 9 aromatic rings. The molecule has 0 unspecified atom stereocenters. The average molecular weight is 654 g/mol. The van der Waals surface area contributed by atoms with E-state index in [-0.39, 0.29) is 0 Å². The second-order valence-electron chi connectivity index (χ2n) is 12.4. The maximum atomic E-state index is 5.05. The number of benzene rings is 6. The number of imidazole rings is 1. The van der Waals surface area contributed by atoms with Gasteiger partial charge in [0.25, 0.3) is 0 Å². The van der Waals surface area contributed by atoms with Crippen LogP contribution < -0.4 is 0 Å². The van der Waals surface area contributed by atoms with Gasteiger partial charge < -0.3 is 0 Å². The van der Waals surface area contributed by atoms with Gasteiger partial charge in [-0.2, -0.15) is 0 Å². The highest BCUT2D eigenvalue weighted by molar-refractivity contribution is 5.84. The van der Waals surface area contributed by atoms with Gasteiger partial charge in [0.05, 0.1) is 22.4 Å². The van der Waals surface area contributed by atoms with Crippen LogP contribution in [0.15, 0.2) is 188 Å². The molecule has 0 radical (unpaired) electrons. The Balaban J connectivity index is 1.08. The van der Waals surface area contributed by atoms with Gasteiger partial charge in [-0.05, 0) is 70.8 Å². The lowest BCUT2D eigenvalue weighted by molar-refractivity contribution is 1.10. The lowest BCUT2D eigenvalue weighted by Gasteiger charge is -2.12. The van der Waals surface area contributed by atoms with Crippen molar-refractivity contribution in [2.45, 2.75) is 0 Å². The minimum atomic E-state index is 0.638. The predicted octanol–water partition coefficient (Wildman–Crippen LogP) is 11.2. The minimum absolute atomic E-state index is 0.638. The van der Waals surface area contributed by atoms with Gasteiger partial charge in [-0.3, -0.25) is 9.55 Å². The number of pyridine rings is 1. The van der Waals surface area contributed by atoms with Crippen molar-refractivity contribution in [3.8, 4) is 73.2 Å². The summed E-state index contributed by atoms with van der Waals surface area (Å²) in [5.74, 6) is 1.55. The summed E-state index contributed by atoms with van der Waals surface area (Å²) in [6.45, 7) is 0. The van der Waals surface area contributed by atoms with Gasteiger partial charge in [-0.1, -0.05) is 127 Å². The van der Waals surface area contributed by atoms with Crippen LogP contribution >= 0.6 is 0 Å². The zero-order valence-electron chi connectivity index (χ0n) is 27.6. The van der Waals surface area contributed by atoms with E-state index >= 15 is 0 Å². The van der Waals surface area contributed by atoms with Crippen molar-refractivity contribution in [2.75, 3.05) is 0 Å². The first-order valence-electron chi connectivity index (χ1n) is 17.0. The Bertz CT molecular complexity index is 2600. The summed E-state index contributed by atoms with van der Waals surface area (Å²) >= 11 is 0. The molecule has 0 spiro atoms. The molecular weight excluding hydrogens is 623 g/mol. The molecule has 5 nitrogen and oxygen atoms in total. The van der Waals surface area contributed by atoms with Gasteiger partial charge >= 0.3 is 0 Å². The minimum Gasteiger partial charge on any atom is -0.292 e. The van der Waals surface area contributed by atoms with E-state index in [4.69, 9.17) is 15.0 Å². The fraction of sp³-hybridized carbons (Fsp3) is 0. The van der Waals surface area contributed by atoms with E-state index in [0.717, 1.165) is 72.9 Å². The second-order valence-corrected chi connectivity index (χ2v) is 12.4. The van der Waals surface area contributed by atoms with Crippen LogP contribution in [0, 0.1) is 0 Å². The first-order chi connectivity index (χ1) is 25.3. The summed E-state index contributed by atoms with van der Waals surface area (Å²) in [4.78, 5) is 19.4. The number of aromatic nitrogens is 5. The van der Waals surface area contributed by atoms with Crippen LogP contribution in [-0.4, -0.2) is 24.5 Å². The average Bonchev–Trinajstić information content (AvgIpc) is 3.62. The number of hydrogen-bond donors (Lipinski definition) is 0. The van der Waals surface area contributed by atoms with Crippen molar-refractivity contribution < 1.29 is 0 Å². The van der Waals surface area contributed by atoms with Crippen molar-refractivity contribution in [3.05, 3.63) is 188 Å². The first-order valence-corrected chi connectivity index (χ1v) is 17.0. The van der Waals surface area contributed by atoms with E-state index in [2.05, 4.69) is 155 Å². The van der Waals surface area contributed by atoms with E-state index in [1.54, 1.807) is 6.20 Å². The Morgan fingerprint density at radius 2 is 0.941 bits per heavy atom. The molecule has 0 saturated carbocycles. The van der Waals surface area contributed by atoms with Crippen LogP contribution in [0.1, 0.15) is 0 Å². The molecule has 9 rings (SSSR count). The lowest BCUT2D eigenvalue weighted by atomic mass is 9.99. The van der Waals surface area contributed by atoms with E-state index < -0.39 is 0 Å². The van der Waals surface area contributed by atoms with E-state index in [1.807, 2.05) is 36.5 Å². The third kappa shape index (κ3) is 5.98. The molecule has 0 amide bonds.